The third-order valence-corrected chi connectivity index (χ3v) is 8.38. The van der Waals surface area contributed by atoms with Gasteiger partial charge in [-0.25, -0.2) is 13.3 Å². The second-order valence-electron chi connectivity index (χ2n) is 8.57. The molecule has 5 rings (SSSR count). The van der Waals surface area contributed by atoms with E-state index in [0.717, 1.165) is 16.3 Å². The number of imide groups is 1. The van der Waals surface area contributed by atoms with Crippen molar-refractivity contribution in [3.8, 4) is 0 Å². The molecule has 0 aromatic heterocycles. The first kappa shape index (κ1) is 21.8. The summed E-state index contributed by atoms with van der Waals surface area (Å²) in [6.45, 7) is 3.30. The summed E-state index contributed by atoms with van der Waals surface area (Å²) >= 11 is 0. The molecule has 0 bridgehead atoms. The summed E-state index contributed by atoms with van der Waals surface area (Å²) in [6, 6.07) is 19.6. The van der Waals surface area contributed by atoms with Crippen LogP contribution in [0.3, 0.4) is 0 Å². The topological polar surface area (TPSA) is 78.0 Å². The van der Waals surface area contributed by atoms with Gasteiger partial charge in [0.15, 0.2) is 0 Å². The Morgan fingerprint density at radius 2 is 1.48 bits per heavy atom. The molecular weight excluding hydrogens is 438 g/mol. The number of sulfonamides is 1. The van der Waals surface area contributed by atoms with Crippen LogP contribution >= 0.6 is 0 Å². The number of carbonyl (C=O) groups is 2. The van der Waals surface area contributed by atoms with Crippen molar-refractivity contribution in [2.75, 3.05) is 31.1 Å². The van der Waals surface area contributed by atoms with Crippen LogP contribution in [0, 0.1) is 6.92 Å². The Labute approximate surface area is 193 Å². The van der Waals surface area contributed by atoms with Gasteiger partial charge in [-0.3, -0.25) is 14.5 Å². The van der Waals surface area contributed by atoms with Crippen LogP contribution in [0.25, 0.3) is 10.8 Å². The van der Waals surface area contributed by atoms with Gasteiger partial charge in [0.2, 0.25) is 15.9 Å². The molecule has 2 aliphatic heterocycles. The number of nitrogens with zero attached hydrogens (tertiary/aromatic N) is 3. The fourth-order valence-electron chi connectivity index (χ4n) is 4.60. The van der Waals surface area contributed by atoms with Crippen LogP contribution in [-0.2, 0) is 19.6 Å². The summed E-state index contributed by atoms with van der Waals surface area (Å²) in [7, 11) is -3.64. The normalized spacial score (nSPS) is 20.6. The molecule has 3 aromatic rings. The van der Waals surface area contributed by atoms with E-state index >= 15 is 0 Å². The molecule has 2 saturated heterocycles. The summed E-state index contributed by atoms with van der Waals surface area (Å²) in [4.78, 5) is 29.1. The van der Waals surface area contributed by atoms with Crippen molar-refractivity contribution < 1.29 is 18.0 Å². The van der Waals surface area contributed by atoms with Gasteiger partial charge >= 0.3 is 0 Å². The van der Waals surface area contributed by atoms with Crippen LogP contribution < -0.4 is 4.90 Å². The fourth-order valence-corrected chi connectivity index (χ4v) is 6.06. The third-order valence-electron chi connectivity index (χ3n) is 6.49. The van der Waals surface area contributed by atoms with Crippen LogP contribution in [0.5, 0.6) is 0 Å². The largest absolute Gasteiger partial charge is 0.289 e. The van der Waals surface area contributed by atoms with E-state index in [1.54, 1.807) is 24.3 Å². The molecule has 7 nitrogen and oxygen atoms in total. The molecule has 170 valence electrons. The first-order chi connectivity index (χ1) is 15.8. The van der Waals surface area contributed by atoms with Crippen molar-refractivity contribution in [3.05, 3.63) is 72.3 Å². The van der Waals surface area contributed by atoms with E-state index in [1.807, 2.05) is 54.3 Å². The Morgan fingerprint density at radius 3 is 2.18 bits per heavy atom. The number of hydrogen-bond acceptors (Lipinski definition) is 5. The average molecular weight is 464 g/mol. The van der Waals surface area contributed by atoms with Gasteiger partial charge in [0.25, 0.3) is 5.91 Å². The van der Waals surface area contributed by atoms with Crippen molar-refractivity contribution in [3.63, 3.8) is 0 Å². The van der Waals surface area contributed by atoms with Gasteiger partial charge in [-0.1, -0.05) is 48.0 Å². The summed E-state index contributed by atoms with van der Waals surface area (Å²) in [5.74, 6) is -0.463. The number of carbonyl (C=O) groups excluding carboxylic acids is 2. The second-order valence-corrected chi connectivity index (χ2v) is 10.5. The second kappa shape index (κ2) is 8.37. The Kier molecular flexibility index (Phi) is 5.52. The zero-order chi connectivity index (χ0) is 23.2. The number of rotatable bonds is 4. The highest BCUT2D eigenvalue weighted by Gasteiger charge is 2.44. The van der Waals surface area contributed by atoms with Gasteiger partial charge < -0.3 is 0 Å². The molecule has 0 saturated carbocycles. The Hall–Kier alpha value is -3.07. The van der Waals surface area contributed by atoms with E-state index in [2.05, 4.69) is 0 Å². The number of aryl methyl sites for hydroxylation is 1. The van der Waals surface area contributed by atoms with Crippen molar-refractivity contribution in [2.24, 2.45) is 0 Å². The third kappa shape index (κ3) is 3.94. The number of anilines is 1. The average Bonchev–Trinajstić information content (AvgIpc) is 3.13. The first-order valence-electron chi connectivity index (χ1n) is 11.0. The predicted molar refractivity (Wildman–Crippen MR) is 126 cm³/mol. The first-order valence-corrected chi connectivity index (χ1v) is 12.4. The molecule has 33 heavy (non-hydrogen) atoms. The van der Waals surface area contributed by atoms with Crippen LogP contribution in [0.1, 0.15) is 12.0 Å². The fraction of sp³-hybridized carbons (Fsp3) is 0.280. The summed E-state index contributed by atoms with van der Waals surface area (Å²) in [5, 5.41) is 1.87. The van der Waals surface area contributed by atoms with Gasteiger partial charge in [0, 0.05) is 26.2 Å². The monoisotopic (exact) mass is 463 g/mol. The molecule has 0 spiro atoms. The number of benzene rings is 3. The lowest BCUT2D eigenvalue weighted by molar-refractivity contribution is -0.123. The Morgan fingerprint density at radius 1 is 0.818 bits per heavy atom. The van der Waals surface area contributed by atoms with E-state index in [0.29, 0.717) is 18.8 Å². The summed E-state index contributed by atoms with van der Waals surface area (Å²) < 4.78 is 27.9. The van der Waals surface area contributed by atoms with Crippen LogP contribution in [0.4, 0.5) is 5.69 Å². The van der Waals surface area contributed by atoms with Crippen LogP contribution in [0.15, 0.2) is 71.6 Å². The minimum absolute atomic E-state index is 0.115. The lowest BCUT2D eigenvalue weighted by Crippen LogP contribution is -2.53. The molecule has 0 radical (unpaired) electrons. The van der Waals surface area contributed by atoms with Crippen molar-refractivity contribution in [1.29, 1.82) is 0 Å². The number of hydrogen-bond donors (Lipinski definition) is 0. The standard InChI is InChI=1S/C25H25N3O4S/c1-18-6-9-21(10-7-18)28-24(29)17-23(25(28)30)26-12-14-27(15-13-26)33(31,32)22-11-8-19-4-2-3-5-20(19)16-22/h2-11,16,23H,12-15,17H2,1H3/t23-/m0/s1. The van der Waals surface area contributed by atoms with E-state index in [-0.39, 0.29) is 36.2 Å². The molecule has 8 heteroatoms. The highest BCUT2D eigenvalue weighted by atomic mass is 32.2. The van der Waals surface area contributed by atoms with Crippen molar-refractivity contribution in [1.82, 2.24) is 9.21 Å². The molecule has 2 aliphatic rings. The maximum absolute atomic E-state index is 13.2. The van der Waals surface area contributed by atoms with Crippen LogP contribution in [0.2, 0.25) is 0 Å². The number of amides is 2. The van der Waals surface area contributed by atoms with Gasteiger partial charge in [0.1, 0.15) is 0 Å². The molecule has 0 aliphatic carbocycles. The van der Waals surface area contributed by atoms with Crippen molar-refractivity contribution in [2.45, 2.75) is 24.3 Å². The summed E-state index contributed by atoms with van der Waals surface area (Å²) in [6.07, 6.45) is 0.115. The highest BCUT2D eigenvalue weighted by Crippen LogP contribution is 2.28. The van der Waals surface area contributed by atoms with E-state index in [4.69, 9.17) is 0 Å². The minimum Gasteiger partial charge on any atom is -0.289 e. The van der Waals surface area contributed by atoms with Crippen molar-refractivity contribution >= 4 is 38.3 Å². The van der Waals surface area contributed by atoms with E-state index in [1.165, 1.54) is 9.21 Å². The number of piperazine rings is 1. The Balaban J connectivity index is 1.29. The maximum Gasteiger partial charge on any atom is 0.251 e. The lowest BCUT2D eigenvalue weighted by atomic mass is 10.1. The van der Waals surface area contributed by atoms with Gasteiger partial charge in [-0.05, 0) is 42.0 Å². The molecule has 0 N–H and O–H groups in total. The molecule has 0 unspecified atom stereocenters. The Bertz CT molecular complexity index is 1330. The molecule has 2 heterocycles. The van der Waals surface area contributed by atoms with E-state index in [9.17, 15) is 18.0 Å². The van der Waals surface area contributed by atoms with Gasteiger partial charge in [-0.2, -0.15) is 4.31 Å². The van der Waals surface area contributed by atoms with E-state index < -0.39 is 16.1 Å². The zero-order valence-electron chi connectivity index (χ0n) is 18.3. The highest BCUT2D eigenvalue weighted by molar-refractivity contribution is 7.89. The van der Waals surface area contributed by atoms with Gasteiger partial charge in [0.05, 0.1) is 23.0 Å². The maximum atomic E-state index is 13.2. The zero-order valence-corrected chi connectivity index (χ0v) is 19.2. The smallest absolute Gasteiger partial charge is 0.251 e. The molecular formula is C25H25N3O4S. The van der Waals surface area contributed by atoms with Crippen LogP contribution in [-0.4, -0.2) is 61.7 Å². The molecule has 2 fully saturated rings. The molecule has 1 atom stereocenters. The summed E-state index contributed by atoms with van der Waals surface area (Å²) in [5.41, 5.74) is 1.63. The molecule has 3 aromatic carbocycles. The predicted octanol–water partition coefficient (Wildman–Crippen LogP) is 2.79. The number of fused-ring (bicyclic) bond motifs is 1. The SMILES string of the molecule is Cc1ccc(N2C(=O)C[C@H](N3CCN(S(=O)(=O)c4ccc5ccccc5c4)CC3)C2=O)cc1. The minimum atomic E-state index is -3.64. The lowest BCUT2D eigenvalue weighted by Gasteiger charge is -2.36. The van der Waals surface area contributed by atoms with Gasteiger partial charge in [-0.15, -0.1) is 0 Å². The molecule has 2 amide bonds. The quantitative estimate of drug-likeness (QED) is 0.556.